The number of imide groups is 1. The van der Waals surface area contributed by atoms with Gasteiger partial charge in [-0.1, -0.05) is 13.3 Å². The van der Waals surface area contributed by atoms with Crippen LogP contribution in [-0.4, -0.2) is 45.6 Å². The van der Waals surface area contributed by atoms with Gasteiger partial charge in [0.2, 0.25) is 11.8 Å². The minimum Gasteiger partial charge on any atom is -0.479 e. The van der Waals surface area contributed by atoms with Gasteiger partial charge in [-0.3, -0.25) is 14.1 Å². The van der Waals surface area contributed by atoms with Crippen molar-refractivity contribution in [2.75, 3.05) is 0 Å². The molecule has 18 heavy (non-hydrogen) atoms. The highest BCUT2D eigenvalue weighted by Gasteiger charge is 2.60. The third kappa shape index (κ3) is 1.99. The number of nitrogens with zero attached hydrogens (tertiary/aromatic N) is 1. The van der Waals surface area contributed by atoms with Gasteiger partial charge >= 0.3 is 16.1 Å². The smallest absolute Gasteiger partial charge is 0.348 e. The van der Waals surface area contributed by atoms with E-state index in [9.17, 15) is 27.4 Å². The van der Waals surface area contributed by atoms with Gasteiger partial charge in [-0.05, 0) is 6.42 Å². The van der Waals surface area contributed by atoms with E-state index in [1.165, 1.54) is 6.92 Å². The summed E-state index contributed by atoms with van der Waals surface area (Å²) < 4.78 is 32.0. The van der Waals surface area contributed by atoms with Crippen molar-refractivity contribution in [2.45, 2.75) is 37.5 Å². The van der Waals surface area contributed by atoms with Gasteiger partial charge in [-0.2, -0.15) is 8.42 Å². The fourth-order valence-electron chi connectivity index (χ4n) is 1.99. The maximum Gasteiger partial charge on any atom is 0.348 e. The van der Waals surface area contributed by atoms with Crippen molar-refractivity contribution in [3.8, 4) is 0 Å². The predicted octanol–water partition coefficient (Wildman–Crippen LogP) is -0.396. The lowest BCUT2D eigenvalue weighted by atomic mass is 10.1. The highest BCUT2D eigenvalue weighted by atomic mass is 32.2. The van der Waals surface area contributed by atoms with Crippen molar-refractivity contribution in [3.05, 3.63) is 0 Å². The van der Waals surface area contributed by atoms with Crippen LogP contribution in [-0.2, 0) is 24.5 Å². The molecule has 1 saturated heterocycles. The topological polar surface area (TPSA) is 129 Å². The number of carboxylic acid groups (broad SMARTS) is 1. The molecule has 1 aliphatic rings. The fraction of sp³-hybridized carbons (Fsp3) is 0.667. The molecule has 0 aromatic carbocycles. The second-order valence-corrected chi connectivity index (χ2v) is 5.56. The predicted molar refractivity (Wildman–Crippen MR) is 57.9 cm³/mol. The molecule has 1 aliphatic heterocycles. The molecule has 1 rings (SSSR count). The molecule has 2 N–H and O–H groups in total. The van der Waals surface area contributed by atoms with Gasteiger partial charge in [0.25, 0.3) is 4.87 Å². The molecule has 1 atom stereocenters. The number of aliphatic carboxylic acids is 1. The summed E-state index contributed by atoms with van der Waals surface area (Å²) >= 11 is 0. The SMILES string of the molecule is CCCC(C(=O)O)(N1C(=O)CCC1=O)S(=O)(=O)O. The average molecular weight is 279 g/mol. The molecule has 1 unspecified atom stereocenters. The van der Waals surface area contributed by atoms with Crippen LogP contribution in [0.15, 0.2) is 0 Å². The summed E-state index contributed by atoms with van der Waals surface area (Å²) in [6, 6.07) is 0. The van der Waals surface area contributed by atoms with Crippen LogP contribution in [0.4, 0.5) is 0 Å². The number of carbonyl (C=O) groups is 3. The van der Waals surface area contributed by atoms with Crippen LogP contribution in [0.1, 0.15) is 32.6 Å². The summed E-state index contributed by atoms with van der Waals surface area (Å²) in [6.07, 6.45) is -1.01. The standard InChI is InChI=1S/C9H13NO7S/c1-2-5-9(8(13)14,18(15,16)17)10-6(11)3-4-7(10)12/h2-5H2,1H3,(H,13,14)(H,15,16,17). The van der Waals surface area contributed by atoms with Crippen molar-refractivity contribution < 1.29 is 32.5 Å². The van der Waals surface area contributed by atoms with Gasteiger partial charge in [-0.25, -0.2) is 9.69 Å². The summed E-state index contributed by atoms with van der Waals surface area (Å²) in [6.45, 7) is 1.48. The number of hydrogen-bond acceptors (Lipinski definition) is 5. The maximum absolute atomic E-state index is 11.5. The Morgan fingerprint density at radius 3 is 2.06 bits per heavy atom. The van der Waals surface area contributed by atoms with Crippen molar-refractivity contribution in [2.24, 2.45) is 0 Å². The van der Waals surface area contributed by atoms with Gasteiger partial charge in [0.15, 0.2) is 0 Å². The number of rotatable bonds is 5. The van der Waals surface area contributed by atoms with E-state index in [1.54, 1.807) is 0 Å². The van der Waals surface area contributed by atoms with Crippen molar-refractivity contribution in [1.82, 2.24) is 4.90 Å². The molecule has 0 saturated carbocycles. The summed E-state index contributed by atoms with van der Waals surface area (Å²) in [5.74, 6) is -3.75. The van der Waals surface area contributed by atoms with E-state index < -0.39 is 39.2 Å². The van der Waals surface area contributed by atoms with Crippen LogP contribution in [0.5, 0.6) is 0 Å². The molecule has 2 amide bonds. The van der Waals surface area contributed by atoms with Crippen LogP contribution >= 0.6 is 0 Å². The first-order chi connectivity index (χ1) is 8.18. The number of carboxylic acids is 1. The summed E-state index contributed by atoms with van der Waals surface area (Å²) in [4.78, 5) is 31.5. The Bertz CT molecular complexity index is 481. The normalized spacial score (nSPS) is 20.0. The molecule has 8 nitrogen and oxygen atoms in total. The van der Waals surface area contributed by atoms with Gasteiger partial charge in [-0.15, -0.1) is 0 Å². The lowest BCUT2D eigenvalue weighted by Crippen LogP contribution is -2.61. The Hall–Kier alpha value is -1.48. The Morgan fingerprint density at radius 1 is 1.33 bits per heavy atom. The largest absolute Gasteiger partial charge is 0.479 e. The lowest BCUT2D eigenvalue weighted by Gasteiger charge is -2.33. The second-order valence-electron chi connectivity index (χ2n) is 3.94. The molecule has 1 fully saturated rings. The van der Waals surface area contributed by atoms with E-state index in [1.807, 2.05) is 0 Å². The highest BCUT2D eigenvalue weighted by Crippen LogP contribution is 2.33. The Morgan fingerprint density at radius 2 is 1.78 bits per heavy atom. The minimum absolute atomic E-state index is 0.0587. The van der Waals surface area contributed by atoms with Gasteiger partial charge in [0.05, 0.1) is 0 Å². The van der Waals surface area contributed by atoms with Crippen molar-refractivity contribution in [3.63, 3.8) is 0 Å². The quantitative estimate of drug-likeness (QED) is 0.517. The van der Waals surface area contributed by atoms with Gasteiger partial charge in [0, 0.05) is 12.8 Å². The average Bonchev–Trinajstić information content (AvgIpc) is 2.54. The number of likely N-dealkylation sites (tertiary alicyclic amines) is 1. The van der Waals surface area contributed by atoms with E-state index in [0.717, 1.165) is 0 Å². The van der Waals surface area contributed by atoms with Crippen LogP contribution in [0.25, 0.3) is 0 Å². The monoisotopic (exact) mass is 279 g/mol. The zero-order chi connectivity index (χ0) is 14.1. The molecule has 102 valence electrons. The summed E-state index contributed by atoms with van der Waals surface area (Å²) in [5.41, 5.74) is 0. The van der Waals surface area contributed by atoms with E-state index in [0.29, 0.717) is 0 Å². The molecule has 0 aromatic rings. The first kappa shape index (κ1) is 14.6. The molecule has 0 spiro atoms. The Kier molecular flexibility index (Phi) is 3.77. The van der Waals surface area contributed by atoms with Crippen LogP contribution < -0.4 is 0 Å². The minimum atomic E-state index is -5.15. The van der Waals surface area contributed by atoms with E-state index in [4.69, 9.17) is 5.11 Å². The van der Waals surface area contributed by atoms with Gasteiger partial charge in [0.1, 0.15) is 0 Å². The fourth-order valence-corrected chi connectivity index (χ4v) is 3.10. The molecule has 0 bridgehead atoms. The molecular formula is C9H13NO7S. The van der Waals surface area contributed by atoms with Crippen LogP contribution in [0.3, 0.4) is 0 Å². The molecule has 0 radical (unpaired) electrons. The number of carbonyl (C=O) groups excluding carboxylic acids is 2. The van der Waals surface area contributed by atoms with E-state index in [2.05, 4.69) is 0 Å². The zero-order valence-corrected chi connectivity index (χ0v) is 10.4. The Labute approximate surface area is 103 Å². The molecule has 1 heterocycles. The molecular weight excluding hydrogens is 266 g/mol. The van der Waals surface area contributed by atoms with E-state index in [-0.39, 0.29) is 24.2 Å². The molecule has 0 aromatic heterocycles. The van der Waals surface area contributed by atoms with E-state index >= 15 is 0 Å². The van der Waals surface area contributed by atoms with Gasteiger partial charge < -0.3 is 5.11 Å². The summed E-state index contributed by atoms with van der Waals surface area (Å²) in [5, 5.41) is 9.10. The summed E-state index contributed by atoms with van der Waals surface area (Å²) in [7, 11) is -5.15. The van der Waals surface area contributed by atoms with Crippen molar-refractivity contribution in [1.29, 1.82) is 0 Å². The third-order valence-electron chi connectivity index (χ3n) is 2.76. The van der Waals surface area contributed by atoms with Crippen LogP contribution in [0.2, 0.25) is 0 Å². The molecule has 0 aliphatic carbocycles. The zero-order valence-electron chi connectivity index (χ0n) is 9.62. The van der Waals surface area contributed by atoms with Crippen molar-refractivity contribution >= 4 is 27.9 Å². The third-order valence-corrected chi connectivity index (χ3v) is 4.18. The maximum atomic E-state index is 11.5. The first-order valence-corrected chi connectivity index (χ1v) is 6.68. The van der Waals surface area contributed by atoms with Crippen LogP contribution in [0, 0.1) is 0 Å². The Balaban J connectivity index is 3.49. The number of hydrogen-bond donors (Lipinski definition) is 2. The molecule has 9 heteroatoms. The lowest BCUT2D eigenvalue weighted by molar-refractivity contribution is -0.157. The second kappa shape index (κ2) is 4.65. The first-order valence-electron chi connectivity index (χ1n) is 5.24. The highest BCUT2D eigenvalue weighted by molar-refractivity contribution is 7.88. The number of amides is 2.